The summed E-state index contributed by atoms with van der Waals surface area (Å²) < 4.78 is 0. The molecule has 0 saturated carbocycles. The Labute approximate surface area is 141 Å². The van der Waals surface area contributed by atoms with Crippen LogP contribution in [0.1, 0.15) is 71.6 Å². The van der Waals surface area contributed by atoms with Gasteiger partial charge in [0.25, 0.3) is 0 Å². The lowest BCUT2D eigenvalue weighted by atomic mass is 9.78. The van der Waals surface area contributed by atoms with Crippen molar-refractivity contribution in [1.82, 2.24) is 0 Å². The van der Waals surface area contributed by atoms with E-state index >= 15 is 0 Å². The van der Waals surface area contributed by atoms with E-state index in [1.165, 1.54) is 5.56 Å². The maximum Gasteiger partial charge on any atom is 0.303 e. The van der Waals surface area contributed by atoms with Crippen molar-refractivity contribution in [2.24, 2.45) is 0 Å². The zero-order valence-corrected chi connectivity index (χ0v) is 15.7. The van der Waals surface area contributed by atoms with Crippen LogP contribution in [0.15, 0.2) is 24.8 Å². The van der Waals surface area contributed by atoms with Gasteiger partial charge in [-0.15, -0.1) is 6.58 Å². The second kappa shape index (κ2) is 8.19. The highest BCUT2D eigenvalue weighted by atomic mass is 16.4. The van der Waals surface area contributed by atoms with E-state index < -0.39 is 5.97 Å². The minimum Gasteiger partial charge on any atom is -0.507 e. The fourth-order valence-electron chi connectivity index (χ4n) is 2.12. The van der Waals surface area contributed by atoms with Crippen LogP contribution in [0.25, 0.3) is 0 Å². The van der Waals surface area contributed by atoms with Gasteiger partial charge in [-0.1, -0.05) is 66.7 Å². The SMILES string of the molecule is C=CCc1cc(C(C)(C)C)c(O)c(C(C)(C)C)c1.CCC(=O)O. The van der Waals surface area contributed by atoms with Gasteiger partial charge in [-0.05, 0) is 33.9 Å². The molecule has 0 atom stereocenters. The molecule has 0 aliphatic carbocycles. The molecule has 0 amide bonds. The largest absolute Gasteiger partial charge is 0.507 e. The first-order chi connectivity index (χ1) is 10.3. The number of carboxylic acids is 1. The number of carbonyl (C=O) groups is 1. The van der Waals surface area contributed by atoms with Gasteiger partial charge in [0.1, 0.15) is 5.75 Å². The lowest BCUT2D eigenvalue weighted by molar-refractivity contribution is -0.136. The summed E-state index contributed by atoms with van der Waals surface area (Å²) in [4.78, 5) is 9.37. The normalized spacial score (nSPS) is 11.4. The van der Waals surface area contributed by atoms with Crippen molar-refractivity contribution >= 4 is 5.97 Å². The first-order valence-corrected chi connectivity index (χ1v) is 8.04. The van der Waals surface area contributed by atoms with Crippen LogP contribution < -0.4 is 0 Å². The van der Waals surface area contributed by atoms with Gasteiger partial charge in [0.2, 0.25) is 0 Å². The number of hydrogen-bond donors (Lipinski definition) is 2. The number of aromatic hydroxyl groups is 1. The van der Waals surface area contributed by atoms with Crippen molar-refractivity contribution in [2.45, 2.75) is 72.1 Å². The maximum atomic E-state index is 10.5. The molecule has 130 valence electrons. The van der Waals surface area contributed by atoms with Crippen LogP contribution in [0.5, 0.6) is 5.75 Å². The molecule has 1 aromatic carbocycles. The van der Waals surface area contributed by atoms with E-state index in [2.05, 4.69) is 60.3 Å². The summed E-state index contributed by atoms with van der Waals surface area (Å²) in [6.45, 7) is 18.2. The van der Waals surface area contributed by atoms with Crippen molar-refractivity contribution in [3.63, 3.8) is 0 Å². The number of rotatable bonds is 3. The van der Waals surface area contributed by atoms with Gasteiger partial charge in [-0.3, -0.25) is 4.79 Å². The van der Waals surface area contributed by atoms with Gasteiger partial charge in [0.15, 0.2) is 0 Å². The second-order valence-corrected chi connectivity index (χ2v) is 7.78. The second-order valence-electron chi connectivity index (χ2n) is 7.78. The fourth-order valence-corrected chi connectivity index (χ4v) is 2.12. The van der Waals surface area contributed by atoms with E-state index in [4.69, 9.17) is 5.11 Å². The minimum absolute atomic E-state index is 0.0543. The summed E-state index contributed by atoms with van der Waals surface area (Å²) in [5, 5.41) is 18.2. The molecule has 0 aliphatic rings. The number of allylic oxidation sites excluding steroid dienone is 1. The Balaban J connectivity index is 0.000000841. The van der Waals surface area contributed by atoms with E-state index in [-0.39, 0.29) is 17.3 Å². The fraction of sp³-hybridized carbons (Fsp3) is 0.550. The quantitative estimate of drug-likeness (QED) is 0.753. The van der Waals surface area contributed by atoms with Crippen LogP contribution in [0.2, 0.25) is 0 Å². The molecule has 0 spiro atoms. The molecule has 1 rings (SSSR count). The number of aliphatic carboxylic acids is 1. The van der Waals surface area contributed by atoms with Crippen LogP contribution >= 0.6 is 0 Å². The number of phenols is 1. The predicted molar refractivity (Wildman–Crippen MR) is 97.3 cm³/mol. The van der Waals surface area contributed by atoms with Crippen molar-refractivity contribution in [3.05, 3.63) is 41.5 Å². The van der Waals surface area contributed by atoms with Crippen molar-refractivity contribution < 1.29 is 15.0 Å². The van der Waals surface area contributed by atoms with Crippen LogP contribution in [0, 0.1) is 0 Å². The van der Waals surface area contributed by atoms with Crippen LogP contribution in [0.4, 0.5) is 0 Å². The van der Waals surface area contributed by atoms with E-state index in [1.54, 1.807) is 6.92 Å². The Morgan fingerprint density at radius 1 is 1.09 bits per heavy atom. The van der Waals surface area contributed by atoms with Gasteiger partial charge in [-0.2, -0.15) is 0 Å². The third-order valence-electron chi connectivity index (χ3n) is 3.47. The molecular formula is C20H32O3. The highest BCUT2D eigenvalue weighted by molar-refractivity contribution is 5.66. The molecule has 1 aromatic rings. The monoisotopic (exact) mass is 320 g/mol. The highest BCUT2D eigenvalue weighted by Gasteiger charge is 2.26. The van der Waals surface area contributed by atoms with Gasteiger partial charge >= 0.3 is 5.97 Å². The van der Waals surface area contributed by atoms with Gasteiger partial charge in [0.05, 0.1) is 0 Å². The maximum absolute atomic E-state index is 10.5. The molecule has 0 radical (unpaired) electrons. The lowest BCUT2D eigenvalue weighted by Gasteiger charge is -2.28. The molecular weight excluding hydrogens is 288 g/mol. The molecule has 0 heterocycles. The highest BCUT2D eigenvalue weighted by Crippen LogP contribution is 2.39. The molecule has 3 nitrogen and oxygen atoms in total. The zero-order chi connectivity index (χ0) is 18.4. The van der Waals surface area contributed by atoms with Crippen LogP contribution in [-0.2, 0) is 22.0 Å². The standard InChI is InChI=1S/C17H26O.C3H6O2/c1-8-9-12-10-13(16(2,3)4)15(18)14(11-12)17(5,6)7;1-2-3(4)5/h8,10-11,18H,1,9H2,2-7H3;2H2,1H3,(H,4,5). The molecule has 0 fully saturated rings. The molecule has 0 aromatic heterocycles. The predicted octanol–water partition coefficient (Wildman–Crippen LogP) is 5.20. The zero-order valence-electron chi connectivity index (χ0n) is 15.7. The van der Waals surface area contributed by atoms with Gasteiger partial charge in [-0.25, -0.2) is 0 Å². The van der Waals surface area contributed by atoms with Crippen LogP contribution in [0.3, 0.4) is 0 Å². The summed E-state index contributed by atoms with van der Waals surface area (Å²) in [6.07, 6.45) is 2.97. The third-order valence-corrected chi connectivity index (χ3v) is 3.47. The average Bonchev–Trinajstić information content (AvgIpc) is 2.39. The topological polar surface area (TPSA) is 57.5 Å². The number of hydrogen-bond acceptors (Lipinski definition) is 2. The molecule has 0 bridgehead atoms. The van der Waals surface area contributed by atoms with E-state index in [0.717, 1.165) is 17.5 Å². The smallest absolute Gasteiger partial charge is 0.303 e. The summed E-state index contributed by atoms with van der Waals surface area (Å²) >= 11 is 0. The summed E-state index contributed by atoms with van der Waals surface area (Å²) in [6, 6.07) is 4.21. The molecule has 0 unspecified atom stereocenters. The molecule has 0 saturated heterocycles. The number of phenolic OH excluding ortho intramolecular Hbond substituents is 1. The van der Waals surface area contributed by atoms with Crippen molar-refractivity contribution in [2.75, 3.05) is 0 Å². The van der Waals surface area contributed by atoms with E-state index in [0.29, 0.717) is 5.75 Å². The summed E-state index contributed by atoms with van der Waals surface area (Å²) in [5.74, 6) is -0.298. The first kappa shape index (κ1) is 21.2. The molecule has 2 N–H and O–H groups in total. The summed E-state index contributed by atoms with van der Waals surface area (Å²) in [5.41, 5.74) is 3.15. The van der Waals surface area contributed by atoms with Gasteiger partial charge in [0, 0.05) is 6.42 Å². The Kier molecular flexibility index (Phi) is 7.56. The minimum atomic E-state index is -0.745. The average molecular weight is 320 g/mol. The molecule has 0 aliphatic heterocycles. The van der Waals surface area contributed by atoms with Gasteiger partial charge < -0.3 is 10.2 Å². The van der Waals surface area contributed by atoms with Crippen molar-refractivity contribution in [1.29, 1.82) is 0 Å². The Morgan fingerprint density at radius 3 is 1.65 bits per heavy atom. The van der Waals surface area contributed by atoms with Crippen LogP contribution in [-0.4, -0.2) is 16.2 Å². The Bertz CT molecular complexity index is 508. The van der Waals surface area contributed by atoms with E-state index in [1.807, 2.05) is 6.08 Å². The van der Waals surface area contributed by atoms with Crippen molar-refractivity contribution in [3.8, 4) is 5.75 Å². The number of benzene rings is 1. The van der Waals surface area contributed by atoms with E-state index in [9.17, 15) is 9.90 Å². The Morgan fingerprint density at radius 2 is 1.43 bits per heavy atom. The first-order valence-electron chi connectivity index (χ1n) is 8.04. The summed E-state index contributed by atoms with van der Waals surface area (Å²) in [7, 11) is 0. The third kappa shape index (κ3) is 6.89. The lowest BCUT2D eigenvalue weighted by Crippen LogP contribution is -2.17. The number of carboxylic acid groups (broad SMARTS) is 1. The molecule has 3 heteroatoms. The molecule has 23 heavy (non-hydrogen) atoms. The Hall–Kier alpha value is -1.77.